The summed E-state index contributed by atoms with van der Waals surface area (Å²) in [5, 5.41) is 12.7. The van der Waals surface area contributed by atoms with E-state index in [4.69, 9.17) is 16.3 Å². The number of carbonyl (C=O) groups excluding carboxylic acids is 1. The molecule has 3 rings (SSSR count). The maximum Gasteiger partial charge on any atom is 0.266 e. The van der Waals surface area contributed by atoms with Crippen LogP contribution in [0, 0.1) is 17.1 Å². The van der Waals surface area contributed by atoms with Crippen LogP contribution < -0.4 is 10.1 Å². The molecule has 0 aromatic heterocycles. The largest absolute Gasteiger partial charge is 0.487 e. The molecule has 156 valence electrons. The lowest BCUT2D eigenvalue weighted by atomic mass is 10.1. The topological polar surface area (TPSA) is 62.1 Å². The van der Waals surface area contributed by atoms with Gasteiger partial charge >= 0.3 is 0 Å². The average molecular weight is 565 g/mol. The molecule has 3 aromatic rings. The van der Waals surface area contributed by atoms with Gasteiger partial charge in [-0.3, -0.25) is 4.79 Å². The maximum absolute atomic E-state index is 13.4. The molecule has 31 heavy (non-hydrogen) atoms. The summed E-state index contributed by atoms with van der Waals surface area (Å²) in [5.74, 6) is -0.516. The lowest BCUT2D eigenvalue weighted by Gasteiger charge is -2.13. The zero-order valence-corrected chi connectivity index (χ0v) is 19.8. The number of hydrogen-bond acceptors (Lipinski definition) is 3. The molecule has 0 saturated carbocycles. The first-order chi connectivity index (χ1) is 14.9. The summed E-state index contributed by atoms with van der Waals surface area (Å²) in [4.78, 5) is 12.6. The molecule has 8 heteroatoms. The van der Waals surface area contributed by atoms with Crippen LogP contribution in [0.5, 0.6) is 5.75 Å². The van der Waals surface area contributed by atoms with Crippen LogP contribution >= 0.6 is 43.5 Å². The quantitative estimate of drug-likeness (QED) is 0.256. The van der Waals surface area contributed by atoms with Crippen molar-refractivity contribution in [2.75, 3.05) is 5.32 Å². The van der Waals surface area contributed by atoms with E-state index in [-0.39, 0.29) is 18.0 Å². The van der Waals surface area contributed by atoms with Gasteiger partial charge in [0.25, 0.3) is 5.91 Å². The Bertz CT molecular complexity index is 1190. The van der Waals surface area contributed by atoms with E-state index in [9.17, 15) is 14.4 Å². The summed E-state index contributed by atoms with van der Waals surface area (Å²) < 4.78 is 20.7. The first-order valence-corrected chi connectivity index (χ1v) is 10.9. The number of hydrogen-bond donors (Lipinski definition) is 1. The summed E-state index contributed by atoms with van der Waals surface area (Å²) in [6.45, 7) is 0.109. The molecule has 1 amide bonds. The molecule has 0 saturated heterocycles. The summed E-state index contributed by atoms with van der Waals surface area (Å²) in [5.41, 5.74) is 1.54. The number of nitriles is 1. The number of anilines is 1. The van der Waals surface area contributed by atoms with Crippen molar-refractivity contribution in [1.29, 1.82) is 5.26 Å². The molecular weight excluding hydrogens is 551 g/mol. The number of halogens is 4. The Morgan fingerprint density at radius 2 is 1.90 bits per heavy atom. The number of rotatable bonds is 6. The van der Waals surface area contributed by atoms with Gasteiger partial charge in [0.05, 0.1) is 4.47 Å². The fraction of sp³-hybridized carbons (Fsp3) is 0.0435. The van der Waals surface area contributed by atoms with Gasteiger partial charge in [-0.2, -0.15) is 5.26 Å². The van der Waals surface area contributed by atoms with Crippen molar-refractivity contribution in [3.05, 3.63) is 97.1 Å². The molecule has 4 nitrogen and oxygen atoms in total. The number of nitrogens with one attached hydrogen (secondary N) is 1. The van der Waals surface area contributed by atoms with Crippen LogP contribution in [0.25, 0.3) is 6.08 Å². The molecule has 3 aromatic carbocycles. The predicted molar refractivity (Wildman–Crippen MR) is 126 cm³/mol. The van der Waals surface area contributed by atoms with Gasteiger partial charge < -0.3 is 10.1 Å². The fourth-order valence-electron chi connectivity index (χ4n) is 2.66. The van der Waals surface area contributed by atoms with Crippen molar-refractivity contribution in [1.82, 2.24) is 0 Å². The molecule has 1 N–H and O–H groups in total. The second-order valence-corrected chi connectivity index (χ2v) is 8.56. The molecular formula is C23H14Br2ClFN2O2. The molecule has 0 aliphatic carbocycles. The van der Waals surface area contributed by atoms with Crippen LogP contribution in [0.15, 0.2) is 75.2 Å². The second-order valence-electron chi connectivity index (χ2n) is 6.36. The first-order valence-electron chi connectivity index (χ1n) is 8.90. The minimum atomic E-state index is -0.572. The molecule has 0 radical (unpaired) electrons. The Morgan fingerprint density at radius 1 is 1.16 bits per heavy atom. The van der Waals surface area contributed by atoms with Crippen molar-refractivity contribution >= 4 is 61.1 Å². The Kier molecular flexibility index (Phi) is 7.85. The number of amides is 1. The molecule has 0 bridgehead atoms. The number of ether oxygens (including phenoxy) is 1. The predicted octanol–water partition coefficient (Wildman–Crippen LogP) is 7.13. The molecule has 0 aliphatic heterocycles. The van der Waals surface area contributed by atoms with Crippen molar-refractivity contribution in [3.63, 3.8) is 0 Å². The molecule has 0 aliphatic rings. The number of nitrogens with zero attached hydrogens (tertiary/aromatic N) is 1. The van der Waals surface area contributed by atoms with Crippen LogP contribution in [0.4, 0.5) is 10.1 Å². The zero-order chi connectivity index (χ0) is 22.4. The Hall–Kier alpha value is -2.66. The highest BCUT2D eigenvalue weighted by Gasteiger charge is 2.14. The molecule has 0 fully saturated rings. The third-order valence-corrected chi connectivity index (χ3v) is 5.38. The van der Waals surface area contributed by atoms with E-state index in [1.165, 1.54) is 18.2 Å². The van der Waals surface area contributed by atoms with Gasteiger partial charge in [-0.05, 0) is 76.1 Å². The van der Waals surface area contributed by atoms with Crippen LogP contribution in [0.3, 0.4) is 0 Å². The van der Waals surface area contributed by atoms with Crippen molar-refractivity contribution in [2.45, 2.75) is 6.61 Å². The summed E-state index contributed by atoms with van der Waals surface area (Å²) >= 11 is 12.7. The maximum atomic E-state index is 13.4. The van der Waals surface area contributed by atoms with Gasteiger partial charge in [-0.15, -0.1) is 0 Å². The van der Waals surface area contributed by atoms with Crippen molar-refractivity contribution < 1.29 is 13.9 Å². The van der Waals surface area contributed by atoms with Gasteiger partial charge in [0, 0.05) is 20.7 Å². The third-order valence-electron chi connectivity index (χ3n) is 4.08. The SMILES string of the molecule is N#C/C(=C\c1cc(Br)cc(Br)c1OCc1cccc(F)c1)C(=O)Nc1ccc(Cl)cc1. The van der Waals surface area contributed by atoms with Crippen LogP contribution in [0.2, 0.25) is 5.02 Å². The van der Waals surface area contributed by atoms with Gasteiger partial charge in [-0.1, -0.05) is 39.7 Å². The fourth-order valence-corrected chi connectivity index (χ4v) is 4.16. The molecule has 0 heterocycles. The third kappa shape index (κ3) is 6.41. The van der Waals surface area contributed by atoms with Gasteiger partial charge in [-0.25, -0.2) is 4.39 Å². The van der Waals surface area contributed by atoms with Crippen molar-refractivity contribution in [3.8, 4) is 11.8 Å². The molecule has 0 spiro atoms. The minimum Gasteiger partial charge on any atom is -0.487 e. The lowest BCUT2D eigenvalue weighted by molar-refractivity contribution is -0.112. The average Bonchev–Trinajstić information content (AvgIpc) is 2.72. The van der Waals surface area contributed by atoms with E-state index in [0.717, 1.165) is 4.47 Å². The second kappa shape index (κ2) is 10.6. The van der Waals surface area contributed by atoms with Crippen molar-refractivity contribution in [2.24, 2.45) is 0 Å². The van der Waals surface area contributed by atoms with E-state index in [0.29, 0.717) is 32.1 Å². The van der Waals surface area contributed by atoms with Crippen LogP contribution in [-0.4, -0.2) is 5.91 Å². The summed E-state index contributed by atoms with van der Waals surface area (Å²) in [6, 6.07) is 18.0. The highest BCUT2D eigenvalue weighted by atomic mass is 79.9. The molecule has 0 atom stereocenters. The zero-order valence-electron chi connectivity index (χ0n) is 15.8. The lowest BCUT2D eigenvalue weighted by Crippen LogP contribution is -2.13. The van der Waals surface area contributed by atoms with E-state index < -0.39 is 5.91 Å². The van der Waals surface area contributed by atoms with Crippen LogP contribution in [0.1, 0.15) is 11.1 Å². The Balaban J connectivity index is 1.88. The van der Waals surface area contributed by atoms with Gasteiger partial charge in [0.15, 0.2) is 0 Å². The van der Waals surface area contributed by atoms with Gasteiger partial charge in [0.1, 0.15) is 29.8 Å². The Labute approximate surface area is 200 Å². The highest BCUT2D eigenvalue weighted by molar-refractivity contribution is 9.11. The standard InChI is InChI=1S/C23H14Br2ClFN2O2/c24-17-10-15(9-16(12-28)23(30)29-20-6-4-18(26)5-7-20)22(21(25)11-17)31-13-14-2-1-3-19(27)8-14/h1-11H,13H2,(H,29,30)/b16-9+. The smallest absolute Gasteiger partial charge is 0.266 e. The van der Waals surface area contributed by atoms with E-state index in [1.54, 1.807) is 48.5 Å². The normalized spacial score (nSPS) is 11.0. The first kappa shape index (κ1) is 23.0. The number of carbonyl (C=O) groups is 1. The van der Waals surface area contributed by atoms with E-state index in [2.05, 4.69) is 37.2 Å². The Morgan fingerprint density at radius 3 is 2.58 bits per heavy atom. The van der Waals surface area contributed by atoms with E-state index in [1.807, 2.05) is 6.07 Å². The highest BCUT2D eigenvalue weighted by Crippen LogP contribution is 2.35. The monoisotopic (exact) mass is 562 g/mol. The molecule has 0 unspecified atom stereocenters. The number of benzene rings is 3. The van der Waals surface area contributed by atoms with Crippen LogP contribution in [-0.2, 0) is 11.4 Å². The summed E-state index contributed by atoms with van der Waals surface area (Å²) in [6.07, 6.45) is 1.43. The minimum absolute atomic E-state index is 0.109. The van der Waals surface area contributed by atoms with E-state index >= 15 is 0 Å². The summed E-state index contributed by atoms with van der Waals surface area (Å²) in [7, 11) is 0. The van der Waals surface area contributed by atoms with Gasteiger partial charge in [0.2, 0.25) is 0 Å².